The van der Waals surface area contributed by atoms with Crippen LogP contribution in [0.4, 0.5) is 0 Å². The highest BCUT2D eigenvalue weighted by Gasteiger charge is 2.17. The molecule has 1 rings (SSSR count). The van der Waals surface area contributed by atoms with Crippen LogP contribution in [0.3, 0.4) is 0 Å². The smallest absolute Gasteiger partial charge is 0.0518 e. The van der Waals surface area contributed by atoms with Crippen LogP contribution >= 0.6 is 0 Å². The lowest BCUT2D eigenvalue weighted by atomic mass is 10.0. The Hall–Kier alpha value is -0.120. The minimum absolute atomic E-state index is 0.380. The van der Waals surface area contributed by atoms with Crippen molar-refractivity contribution in [1.29, 1.82) is 0 Å². The summed E-state index contributed by atoms with van der Waals surface area (Å²) in [7, 11) is 0. The topological polar surface area (TPSA) is 24.5 Å². The Morgan fingerprint density at radius 2 is 1.94 bits per heavy atom. The summed E-state index contributed by atoms with van der Waals surface area (Å²) in [4.78, 5) is 2.61. The predicted octanol–water partition coefficient (Wildman–Crippen LogP) is 2.66. The van der Waals surface area contributed by atoms with Crippen LogP contribution in [0.2, 0.25) is 0 Å². The molecule has 1 aliphatic rings. The summed E-state index contributed by atoms with van der Waals surface area (Å²) in [5.74, 6) is 0. The Kier molecular flexibility index (Phi) is 8.64. The van der Waals surface area contributed by atoms with Crippen LogP contribution < -0.4 is 5.32 Å². The zero-order chi connectivity index (χ0) is 13.2. The molecule has 3 heteroatoms. The van der Waals surface area contributed by atoms with Crippen molar-refractivity contribution in [2.24, 2.45) is 0 Å². The van der Waals surface area contributed by atoms with E-state index in [4.69, 9.17) is 4.74 Å². The molecule has 0 unspecified atom stereocenters. The largest absolute Gasteiger partial charge is 0.379 e. The van der Waals surface area contributed by atoms with Crippen molar-refractivity contribution in [2.75, 3.05) is 32.8 Å². The first-order chi connectivity index (χ1) is 8.72. The zero-order valence-electron chi connectivity index (χ0n) is 12.6. The van der Waals surface area contributed by atoms with Crippen LogP contribution in [0.25, 0.3) is 0 Å². The van der Waals surface area contributed by atoms with Crippen LogP contribution in [0.15, 0.2) is 0 Å². The Bertz CT molecular complexity index is 189. The lowest BCUT2D eigenvalue weighted by Crippen LogP contribution is -2.43. The van der Waals surface area contributed by atoms with E-state index in [9.17, 15) is 0 Å². The second-order valence-corrected chi connectivity index (χ2v) is 5.70. The summed E-state index contributed by atoms with van der Waals surface area (Å²) >= 11 is 0. The van der Waals surface area contributed by atoms with Gasteiger partial charge in [0.1, 0.15) is 0 Å². The first-order valence-corrected chi connectivity index (χ1v) is 7.79. The lowest BCUT2D eigenvalue weighted by molar-refractivity contribution is 0.0733. The lowest BCUT2D eigenvalue weighted by Gasteiger charge is -2.32. The quantitative estimate of drug-likeness (QED) is 0.642. The molecule has 0 bridgehead atoms. The van der Waals surface area contributed by atoms with Gasteiger partial charge in [0.25, 0.3) is 0 Å². The Balaban J connectivity index is 1.95. The van der Waals surface area contributed by atoms with E-state index in [1.165, 1.54) is 58.3 Å². The molecule has 0 spiro atoms. The van der Waals surface area contributed by atoms with Gasteiger partial charge in [-0.05, 0) is 72.1 Å². The predicted molar refractivity (Wildman–Crippen MR) is 78.1 cm³/mol. The first kappa shape index (κ1) is 15.9. The van der Waals surface area contributed by atoms with Crippen LogP contribution in [0.1, 0.15) is 52.9 Å². The van der Waals surface area contributed by atoms with E-state index in [0.29, 0.717) is 6.10 Å². The van der Waals surface area contributed by atoms with E-state index >= 15 is 0 Å². The van der Waals surface area contributed by atoms with Crippen molar-refractivity contribution >= 4 is 0 Å². The van der Waals surface area contributed by atoms with E-state index < -0.39 is 0 Å². The summed E-state index contributed by atoms with van der Waals surface area (Å²) in [6.07, 6.45) is 6.75. The molecule has 1 fully saturated rings. The van der Waals surface area contributed by atoms with Gasteiger partial charge in [-0.1, -0.05) is 6.92 Å². The maximum absolute atomic E-state index is 5.56. The highest BCUT2D eigenvalue weighted by atomic mass is 16.5. The molecule has 0 radical (unpaired) electrons. The number of unbranched alkanes of at least 4 members (excludes halogenated alkanes) is 1. The Labute approximate surface area is 113 Å². The number of ether oxygens (including phenoxy) is 1. The van der Waals surface area contributed by atoms with E-state index in [1.807, 2.05) is 0 Å². The van der Waals surface area contributed by atoms with Crippen molar-refractivity contribution < 1.29 is 4.74 Å². The van der Waals surface area contributed by atoms with Crippen LogP contribution in [-0.4, -0.2) is 49.8 Å². The number of nitrogens with one attached hydrogen (secondary N) is 1. The molecule has 0 saturated carbocycles. The third-order valence-electron chi connectivity index (χ3n) is 3.59. The monoisotopic (exact) mass is 256 g/mol. The third-order valence-corrected chi connectivity index (χ3v) is 3.59. The minimum atomic E-state index is 0.380. The molecular formula is C15H32N2O. The highest BCUT2D eigenvalue weighted by Crippen LogP contribution is 2.11. The molecule has 108 valence electrons. The van der Waals surface area contributed by atoms with E-state index in [-0.39, 0.29) is 0 Å². The minimum Gasteiger partial charge on any atom is -0.379 e. The molecule has 0 aromatic rings. The van der Waals surface area contributed by atoms with Gasteiger partial charge in [-0.25, -0.2) is 0 Å². The van der Waals surface area contributed by atoms with Gasteiger partial charge in [-0.15, -0.1) is 0 Å². The van der Waals surface area contributed by atoms with Gasteiger partial charge < -0.3 is 15.0 Å². The Morgan fingerprint density at radius 1 is 1.22 bits per heavy atom. The fourth-order valence-electron chi connectivity index (χ4n) is 2.47. The summed E-state index contributed by atoms with van der Waals surface area (Å²) in [6.45, 7) is 12.3. The van der Waals surface area contributed by atoms with Crippen LogP contribution in [0.5, 0.6) is 0 Å². The number of rotatable bonds is 9. The second-order valence-electron chi connectivity index (χ2n) is 5.70. The Morgan fingerprint density at radius 3 is 2.56 bits per heavy atom. The number of hydrogen-bond acceptors (Lipinski definition) is 3. The molecule has 1 N–H and O–H groups in total. The van der Waals surface area contributed by atoms with Gasteiger partial charge in [0.05, 0.1) is 6.10 Å². The number of hydrogen-bond donors (Lipinski definition) is 1. The molecule has 18 heavy (non-hydrogen) atoms. The number of piperidine rings is 1. The van der Waals surface area contributed by atoms with Gasteiger partial charge in [-0.2, -0.15) is 0 Å². The van der Waals surface area contributed by atoms with Gasteiger partial charge in [0.2, 0.25) is 0 Å². The third kappa shape index (κ3) is 7.34. The van der Waals surface area contributed by atoms with E-state index in [0.717, 1.165) is 12.6 Å². The van der Waals surface area contributed by atoms with Crippen LogP contribution in [0, 0.1) is 0 Å². The van der Waals surface area contributed by atoms with Crippen molar-refractivity contribution in [3.63, 3.8) is 0 Å². The molecule has 0 aromatic heterocycles. The second kappa shape index (κ2) is 9.76. The summed E-state index contributed by atoms with van der Waals surface area (Å²) in [6, 6.07) is 0.769. The fraction of sp³-hybridized carbons (Fsp3) is 1.00. The van der Waals surface area contributed by atoms with Crippen molar-refractivity contribution in [3.8, 4) is 0 Å². The molecule has 0 aromatic carbocycles. The van der Waals surface area contributed by atoms with E-state index in [2.05, 4.69) is 31.0 Å². The molecule has 0 atom stereocenters. The van der Waals surface area contributed by atoms with Gasteiger partial charge in [0, 0.05) is 12.6 Å². The van der Waals surface area contributed by atoms with Crippen LogP contribution in [-0.2, 0) is 4.74 Å². The highest BCUT2D eigenvalue weighted by molar-refractivity contribution is 4.76. The molecular weight excluding hydrogens is 224 g/mol. The zero-order valence-corrected chi connectivity index (χ0v) is 12.6. The summed E-state index contributed by atoms with van der Waals surface area (Å²) < 4.78 is 5.56. The van der Waals surface area contributed by atoms with Crippen molar-refractivity contribution in [3.05, 3.63) is 0 Å². The maximum atomic E-state index is 5.56. The summed E-state index contributed by atoms with van der Waals surface area (Å²) in [5, 5.41) is 3.63. The van der Waals surface area contributed by atoms with Crippen molar-refractivity contribution in [1.82, 2.24) is 10.2 Å². The normalized spacial score (nSPS) is 18.7. The molecule has 3 nitrogen and oxygen atoms in total. The van der Waals surface area contributed by atoms with Gasteiger partial charge in [-0.3, -0.25) is 0 Å². The van der Waals surface area contributed by atoms with Gasteiger partial charge in [0.15, 0.2) is 0 Å². The average molecular weight is 256 g/mol. The SMILES string of the molecule is CCCNC1CCN(CCCCOC(C)C)CC1. The standard InChI is InChI=1S/C15H32N2O/c1-4-9-16-15-7-11-17(12-8-15)10-5-6-13-18-14(2)3/h14-16H,4-13H2,1-3H3. The number of nitrogens with zero attached hydrogens (tertiary/aromatic N) is 1. The first-order valence-electron chi connectivity index (χ1n) is 7.79. The average Bonchev–Trinajstić information content (AvgIpc) is 2.37. The number of likely N-dealkylation sites (tertiary alicyclic amines) is 1. The molecule has 1 aliphatic heterocycles. The fourth-order valence-corrected chi connectivity index (χ4v) is 2.47. The van der Waals surface area contributed by atoms with E-state index in [1.54, 1.807) is 0 Å². The van der Waals surface area contributed by atoms with Gasteiger partial charge >= 0.3 is 0 Å². The molecule has 1 heterocycles. The molecule has 0 amide bonds. The van der Waals surface area contributed by atoms with Crippen molar-refractivity contribution in [2.45, 2.75) is 65.0 Å². The maximum Gasteiger partial charge on any atom is 0.0518 e. The molecule has 1 saturated heterocycles. The summed E-state index contributed by atoms with van der Waals surface area (Å²) in [5.41, 5.74) is 0. The molecule has 0 aliphatic carbocycles.